The van der Waals surface area contributed by atoms with Crippen molar-refractivity contribution in [2.45, 2.75) is 57.4 Å². The van der Waals surface area contributed by atoms with Crippen LogP contribution < -0.4 is 5.73 Å². The Morgan fingerprint density at radius 3 is 2.25 bits per heavy atom. The van der Waals surface area contributed by atoms with Crippen molar-refractivity contribution in [3.63, 3.8) is 0 Å². The third-order valence-electron chi connectivity index (χ3n) is 4.77. The lowest BCUT2D eigenvalue weighted by atomic mass is 9.78. The summed E-state index contributed by atoms with van der Waals surface area (Å²) in [6, 6.07) is 0.663. The van der Waals surface area contributed by atoms with Crippen LogP contribution in [-0.2, 0) is 0 Å². The largest absolute Gasteiger partial charge is 0.329 e. The summed E-state index contributed by atoms with van der Waals surface area (Å²) < 4.78 is 0. The van der Waals surface area contributed by atoms with Crippen molar-refractivity contribution in [3.05, 3.63) is 0 Å². The molecule has 2 saturated carbocycles. The van der Waals surface area contributed by atoms with Gasteiger partial charge in [0.05, 0.1) is 0 Å². The van der Waals surface area contributed by atoms with E-state index < -0.39 is 0 Å². The van der Waals surface area contributed by atoms with Gasteiger partial charge in [-0.2, -0.15) is 0 Å². The first kappa shape index (κ1) is 12.4. The minimum Gasteiger partial charge on any atom is -0.329 e. The van der Waals surface area contributed by atoms with Gasteiger partial charge in [-0.1, -0.05) is 25.7 Å². The Hall–Kier alpha value is -0.0800. The lowest BCUT2D eigenvalue weighted by Gasteiger charge is -2.40. The van der Waals surface area contributed by atoms with Crippen molar-refractivity contribution in [1.82, 2.24) is 4.90 Å². The molecule has 1 atom stereocenters. The Bertz CT molecular complexity index is 195. The summed E-state index contributed by atoms with van der Waals surface area (Å²) in [5.41, 5.74) is 5.95. The van der Waals surface area contributed by atoms with E-state index in [2.05, 4.69) is 11.9 Å². The number of likely N-dealkylation sites (N-methyl/N-ethyl adjacent to an activating group) is 1. The fraction of sp³-hybridized carbons (Fsp3) is 1.00. The topological polar surface area (TPSA) is 29.3 Å². The van der Waals surface area contributed by atoms with Gasteiger partial charge >= 0.3 is 0 Å². The maximum absolute atomic E-state index is 5.95. The first-order chi connectivity index (χ1) is 7.81. The molecule has 2 aliphatic carbocycles. The van der Waals surface area contributed by atoms with E-state index >= 15 is 0 Å². The summed E-state index contributed by atoms with van der Waals surface area (Å²) in [4.78, 5) is 2.57. The molecule has 0 aromatic heterocycles. The van der Waals surface area contributed by atoms with Gasteiger partial charge in [0.15, 0.2) is 0 Å². The molecule has 2 rings (SSSR count). The molecule has 2 aliphatic rings. The molecule has 2 heteroatoms. The maximum atomic E-state index is 5.95. The highest BCUT2D eigenvalue weighted by molar-refractivity contribution is 4.85. The molecule has 2 N–H and O–H groups in total. The zero-order valence-corrected chi connectivity index (χ0v) is 10.8. The second-order valence-electron chi connectivity index (χ2n) is 5.94. The predicted molar refractivity (Wildman–Crippen MR) is 69.4 cm³/mol. The molecular weight excluding hydrogens is 196 g/mol. The lowest BCUT2D eigenvalue weighted by molar-refractivity contribution is 0.101. The van der Waals surface area contributed by atoms with Crippen LogP contribution in [0.3, 0.4) is 0 Å². The molecule has 0 heterocycles. The quantitative estimate of drug-likeness (QED) is 0.778. The smallest absolute Gasteiger partial charge is 0.0243 e. The van der Waals surface area contributed by atoms with Crippen molar-refractivity contribution >= 4 is 0 Å². The summed E-state index contributed by atoms with van der Waals surface area (Å²) in [5, 5.41) is 0. The van der Waals surface area contributed by atoms with Crippen molar-refractivity contribution in [3.8, 4) is 0 Å². The van der Waals surface area contributed by atoms with E-state index in [0.717, 1.165) is 18.4 Å². The molecule has 0 amide bonds. The van der Waals surface area contributed by atoms with Crippen molar-refractivity contribution in [2.75, 3.05) is 20.1 Å². The highest BCUT2D eigenvalue weighted by atomic mass is 15.1. The Morgan fingerprint density at radius 1 is 1.06 bits per heavy atom. The summed E-state index contributed by atoms with van der Waals surface area (Å²) in [5.74, 6) is 1.85. The van der Waals surface area contributed by atoms with Crippen LogP contribution in [0.15, 0.2) is 0 Å². The molecule has 94 valence electrons. The van der Waals surface area contributed by atoms with Crippen LogP contribution in [0.25, 0.3) is 0 Å². The second kappa shape index (κ2) is 6.02. The Kier molecular flexibility index (Phi) is 4.66. The number of nitrogens with two attached hydrogens (primary N) is 1. The summed E-state index contributed by atoms with van der Waals surface area (Å²) >= 11 is 0. The monoisotopic (exact) mass is 224 g/mol. The predicted octanol–water partition coefficient (Wildman–Crippen LogP) is 2.63. The fourth-order valence-corrected chi connectivity index (χ4v) is 3.47. The Balaban J connectivity index is 1.77. The molecule has 0 radical (unpaired) electrons. The second-order valence-corrected chi connectivity index (χ2v) is 5.94. The average Bonchev–Trinajstić information content (AvgIpc) is 2.24. The van der Waals surface area contributed by atoms with Gasteiger partial charge in [0.2, 0.25) is 0 Å². The van der Waals surface area contributed by atoms with Crippen LogP contribution in [0.5, 0.6) is 0 Å². The molecule has 0 bridgehead atoms. The van der Waals surface area contributed by atoms with E-state index in [9.17, 15) is 0 Å². The molecule has 16 heavy (non-hydrogen) atoms. The molecule has 0 saturated heterocycles. The molecule has 0 aromatic rings. The number of hydrogen-bond donors (Lipinski definition) is 1. The van der Waals surface area contributed by atoms with E-state index in [-0.39, 0.29) is 0 Å². The molecule has 2 fully saturated rings. The number of rotatable bonds is 5. The first-order valence-corrected chi connectivity index (χ1v) is 7.21. The van der Waals surface area contributed by atoms with Crippen LogP contribution in [0, 0.1) is 11.8 Å². The van der Waals surface area contributed by atoms with E-state index in [1.54, 1.807) is 0 Å². The van der Waals surface area contributed by atoms with Crippen LogP contribution in [0.1, 0.15) is 51.4 Å². The van der Waals surface area contributed by atoms with Gasteiger partial charge in [0, 0.05) is 19.1 Å². The highest BCUT2D eigenvalue weighted by Crippen LogP contribution is 2.32. The van der Waals surface area contributed by atoms with Gasteiger partial charge in [-0.05, 0) is 44.6 Å². The van der Waals surface area contributed by atoms with Crippen LogP contribution in [-0.4, -0.2) is 31.1 Å². The summed E-state index contributed by atoms with van der Waals surface area (Å²) in [7, 11) is 2.30. The Morgan fingerprint density at radius 2 is 1.75 bits per heavy atom. The van der Waals surface area contributed by atoms with Crippen LogP contribution in [0.4, 0.5) is 0 Å². The zero-order chi connectivity index (χ0) is 11.4. The van der Waals surface area contributed by atoms with Crippen LogP contribution >= 0.6 is 0 Å². The molecule has 0 aliphatic heterocycles. The fourth-order valence-electron chi connectivity index (χ4n) is 3.47. The summed E-state index contributed by atoms with van der Waals surface area (Å²) in [6.45, 7) is 2.15. The minimum absolute atomic E-state index is 0.663. The van der Waals surface area contributed by atoms with Gasteiger partial charge in [0.25, 0.3) is 0 Å². The molecule has 2 nitrogen and oxygen atoms in total. The van der Waals surface area contributed by atoms with Crippen molar-refractivity contribution < 1.29 is 0 Å². The molecule has 0 aromatic carbocycles. The average molecular weight is 224 g/mol. The van der Waals surface area contributed by atoms with E-state index in [1.807, 2.05) is 0 Å². The van der Waals surface area contributed by atoms with E-state index in [0.29, 0.717) is 6.04 Å². The number of hydrogen-bond acceptors (Lipinski definition) is 2. The zero-order valence-electron chi connectivity index (χ0n) is 10.8. The third kappa shape index (κ3) is 2.98. The van der Waals surface area contributed by atoms with Crippen LogP contribution in [0.2, 0.25) is 0 Å². The first-order valence-electron chi connectivity index (χ1n) is 7.21. The normalized spacial score (nSPS) is 25.7. The van der Waals surface area contributed by atoms with Gasteiger partial charge in [-0.25, -0.2) is 0 Å². The standard InChI is InChI=1S/C14H28N2/c1-16(11-12-6-3-2-4-7-12)14(10-15)13-8-5-9-13/h12-14H,2-11,15H2,1H3. The summed E-state index contributed by atoms with van der Waals surface area (Å²) in [6.07, 6.45) is 11.5. The van der Waals surface area contributed by atoms with Gasteiger partial charge in [-0.3, -0.25) is 0 Å². The van der Waals surface area contributed by atoms with E-state index in [4.69, 9.17) is 5.73 Å². The highest BCUT2D eigenvalue weighted by Gasteiger charge is 2.30. The Labute approximate surface area is 101 Å². The lowest BCUT2D eigenvalue weighted by Crippen LogP contribution is -2.47. The van der Waals surface area contributed by atoms with E-state index in [1.165, 1.54) is 57.9 Å². The van der Waals surface area contributed by atoms with Crippen molar-refractivity contribution in [2.24, 2.45) is 17.6 Å². The van der Waals surface area contributed by atoms with Gasteiger partial charge < -0.3 is 10.6 Å². The molecule has 1 unspecified atom stereocenters. The molecule has 0 spiro atoms. The van der Waals surface area contributed by atoms with Gasteiger partial charge in [-0.15, -0.1) is 0 Å². The maximum Gasteiger partial charge on any atom is 0.0243 e. The minimum atomic E-state index is 0.663. The van der Waals surface area contributed by atoms with Crippen molar-refractivity contribution in [1.29, 1.82) is 0 Å². The SMILES string of the molecule is CN(CC1CCCCC1)C(CN)C1CCC1. The van der Waals surface area contributed by atoms with Gasteiger partial charge in [0.1, 0.15) is 0 Å². The molecular formula is C14H28N2. The number of nitrogens with zero attached hydrogens (tertiary/aromatic N) is 1. The third-order valence-corrected chi connectivity index (χ3v) is 4.77.